The SMILES string of the molecule is Cn1ncnc1CC1COCCC1Br. The van der Waals surface area contributed by atoms with Crippen LogP contribution in [-0.4, -0.2) is 32.8 Å². The van der Waals surface area contributed by atoms with Crippen molar-refractivity contribution in [3.05, 3.63) is 12.2 Å². The summed E-state index contributed by atoms with van der Waals surface area (Å²) in [6.07, 6.45) is 3.62. The highest BCUT2D eigenvalue weighted by molar-refractivity contribution is 9.09. The quantitative estimate of drug-likeness (QED) is 0.749. The summed E-state index contributed by atoms with van der Waals surface area (Å²) in [7, 11) is 1.93. The lowest BCUT2D eigenvalue weighted by atomic mass is 9.98. The predicted molar refractivity (Wildman–Crippen MR) is 56.3 cm³/mol. The summed E-state index contributed by atoms with van der Waals surface area (Å²) >= 11 is 3.69. The molecule has 1 saturated heterocycles. The van der Waals surface area contributed by atoms with Crippen molar-refractivity contribution < 1.29 is 4.74 Å². The fourth-order valence-electron chi connectivity index (χ4n) is 1.70. The minimum atomic E-state index is 0.520. The second-order valence-electron chi connectivity index (χ2n) is 3.64. The van der Waals surface area contributed by atoms with Crippen LogP contribution in [0, 0.1) is 5.92 Å². The highest BCUT2D eigenvalue weighted by atomic mass is 79.9. The molecule has 0 saturated carbocycles. The van der Waals surface area contributed by atoms with E-state index in [0.29, 0.717) is 10.7 Å². The molecule has 2 atom stereocenters. The van der Waals surface area contributed by atoms with Gasteiger partial charge in [0.2, 0.25) is 0 Å². The number of ether oxygens (including phenoxy) is 1. The molecule has 1 aliphatic rings. The van der Waals surface area contributed by atoms with Crippen molar-refractivity contribution in [3.63, 3.8) is 0 Å². The fraction of sp³-hybridized carbons (Fsp3) is 0.778. The zero-order valence-electron chi connectivity index (χ0n) is 8.19. The molecule has 0 spiro atoms. The summed E-state index contributed by atoms with van der Waals surface area (Å²) in [4.78, 5) is 4.77. The average Bonchev–Trinajstić information content (AvgIpc) is 2.56. The first kappa shape index (κ1) is 10.1. The molecule has 0 aliphatic carbocycles. The Morgan fingerprint density at radius 2 is 2.57 bits per heavy atom. The number of hydrogen-bond donors (Lipinski definition) is 0. The molecule has 0 amide bonds. The zero-order chi connectivity index (χ0) is 9.97. The van der Waals surface area contributed by atoms with Crippen molar-refractivity contribution in [3.8, 4) is 0 Å². The summed E-state index contributed by atoms with van der Waals surface area (Å²) in [6.45, 7) is 1.69. The molecule has 1 aliphatic heterocycles. The molecule has 0 aromatic carbocycles. The third-order valence-corrected chi connectivity index (χ3v) is 3.84. The molecule has 0 N–H and O–H groups in total. The Labute approximate surface area is 91.8 Å². The minimum Gasteiger partial charge on any atom is -0.381 e. The van der Waals surface area contributed by atoms with Gasteiger partial charge in [-0.25, -0.2) is 4.98 Å². The van der Waals surface area contributed by atoms with Crippen molar-refractivity contribution in [2.75, 3.05) is 13.2 Å². The highest BCUT2D eigenvalue weighted by Gasteiger charge is 2.24. The second kappa shape index (κ2) is 4.40. The van der Waals surface area contributed by atoms with E-state index in [9.17, 15) is 0 Å². The Bertz CT molecular complexity index is 302. The van der Waals surface area contributed by atoms with E-state index in [1.165, 1.54) is 0 Å². The summed E-state index contributed by atoms with van der Waals surface area (Å²) in [5, 5.41) is 4.06. The maximum Gasteiger partial charge on any atom is 0.138 e. The molecule has 1 fully saturated rings. The van der Waals surface area contributed by atoms with Crippen LogP contribution in [-0.2, 0) is 18.2 Å². The largest absolute Gasteiger partial charge is 0.381 e. The van der Waals surface area contributed by atoms with E-state index in [1.54, 1.807) is 6.33 Å². The van der Waals surface area contributed by atoms with Crippen molar-refractivity contribution in [2.24, 2.45) is 13.0 Å². The number of nitrogens with zero attached hydrogens (tertiary/aromatic N) is 3. The molecule has 2 unspecified atom stereocenters. The fourth-order valence-corrected chi connectivity index (χ4v) is 2.22. The lowest BCUT2D eigenvalue weighted by Crippen LogP contribution is -2.30. The van der Waals surface area contributed by atoms with Crippen LogP contribution in [0.4, 0.5) is 0 Å². The molecule has 0 bridgehead atoms. The lowest BCUT2D eigenvalue weighted by molar-refractivity contribution is 0.0595. The third-order valence-electron chi connectivity index (χ3n) is 2.63. The molecule has 2 heterocycles. The first-order valence-electron chi connectivity index (χ1n) is 4.82. The topological polar surface area (TPSA) is 39.9 Å². The highest BCUT2D eigenvalue weighted by Crippen LogP contribution is 2.24. The van der Waals surface area contributed by atoms with E-state index in [-0.39, 0.29) is 0 Å². The van der Waals surface area contributed by atoms with E-state index in [4.69, 9.17) is 4.74 Å². The summed E-state index contributed by atoms with van der Waals surface area (Å²) in [5.41, 5.74) is 0. The van der Waals surface area contributed by atoms with Gasteiger partial charge in [-0.1, -0.05) is 15.9 Å². The molecule has 1 aromatic heterocycles. The average molecular weight is 260 g/mol. The van der Waals surface area contributed by atoms with Crippen LogP contribution in [0.1, 0.15) is 12.2 Å². The number of halogens is 1. The number of alkyl halides is 1. The number of hydrogen-bond acceptors (Lipinski definition) is 3. The monoisotopic (exact) mass is 259 g/mol. The van der Waals surface area contributed by atoms with Gasteiger partial charge in [0.25, 0.3) is 0 Å². The van der Waals surface area contributed by atoms with Crippen LogP contribution in [0.15, 0.2) is 6.33 Å². The van der Waals surface area contributed by atoms with Gasteiger partial charge in [0.05, 0.1) is 6.61 Å². The van der Waals surface area contributed by atoms with E-state index in [0.717, 1.165) is 31.9 Å². The van der Waals surface area contributed by atoms with Crippen molar-refractivity contribution >= 4 is 15.9 Å². The Balaban J connectivity index is 1.99. The number of rotatable bonds is 2. The molecule has 1 aromatic rings. The van der Waals surface area contributed by atoms with Crippen LogP contribution in [0.25, 0.3) is 0 Å². The van der Waals surface area contributed by atoms with Crippen LogP contribution in [0.5, 0.6) is 0 Å². The molecule has 2 rings (SSSR count). The molecular weight excluding hydrogens is 246 g/mol. The summed E-state index contributed by atoms with van der Waals surface area (Å²) in [6, 6.07) is 0. The second-order valence-corrected chi connectivity index (χ2v) is 4.82. The van der Waals surface area contributed by atoms with Crippen LogP contribution in [0.2, 0.25) is 0 Å². The maximum atomic E-state index is 5.45. The van der Waals surface area contributed by atoms with Gasteiger partial charge in [0, 0.05) is 30.8 Å². The van der Waals surface area contributed by atoms with Gasteiger partial charge in [0.15, 0.2) is 0 Å². The Morgan fingerprint density at radius 1 is 1.71 bits per heavy atom. The summed E-state index contributed by atoms with van der Waals surface area (Å²) < 4.78 is 7.28. The summed E-state index contributed by atoms with van der Waals surface area (Å²) in [5.74, 6) is 1.55. The molecule has 4 nitrogen and oxygen atoms in total. The first-order chi connectivity index (χ1) is 6.77. The van der Waals surface area contributed by atoms with E-state index in [1.807, 2.05) is 11.7 Å². The van der Waals surface area contributed by atoms with E-state index in [2.05, 4.69) is 26.0 Å². The van der Waals surface area contributed by atoms with Gasteiger partial charge < -0.3 is 4.74 Å². The van der Waals surface area contributed by atoms with Gasteiger partial charge in [0.1, 0.15) is 12.2 Å². The van der Waals surface area contributed by atoms with Crippen molar-refractivity contribution in [1.82, 2.24) is 14.8 Å². The Kier molecular flexibility index (Phi) is 3.18. The number of aromatic nitrogens is 3. The van der Waals surface area contributed by atoms with E-state index >= 15 is 0 Å². The van der Waals surface area contributed by atoms with Crippen LogP contribution >= 0.6 is 15.9 Å². The van der Waals surface area contributed by atoms with Crippen LogP contribution < -0.4 is 0 Å². The maximum absolute atomic E-state index is 5.45. The Hall–Kier alpha value is -0.420. The third kappa shape index (κ3) is 2.15. The zero-order valence-corrected chi connectivity index (χ0v) is 9.77. The van der Waals surface area contributed by atoms with Crippen molar-refractivity contribution in [2.45, 2.75) is 17.7 Å². The van der Waals surface area contributed by atoms with E-state index < -0.39 is 0 Å². The van der Waals surface area contributed by atoms with Gasteiger partial charge in [-0.05, 0) is 6.42 Å². The predicted octanol–water partition coefficient (Wildman–Crippen LogP) is 1.16. The minimum absolute atomic E-state index is 0.520. The molecule has 78 valence electrons. The molecule has 14 heavy (non-hydrogen) atoms. The lowest BCUT2D eigenvalue weighted by Gasteiger charge is -2.26. The first-order valence-corrected chi connectivity index (χ1v) is 5.73. The molecule has 5 heteroatoms. The normalized spacial score (nSPS) is 27.9. The van der Waals surface area contributed by atoms with Crippen molar-refractivity contribution in [1.29, 1.82) is 0 Å². The molecule has 0 radical (unpaired) electrons. The van der Waals surface area contributed by atoms with Gasteiger partial charge in [-0.3, -0.25) is 4.68 Å². The molecular formula is C9H14BrN3O. The number of aryl methyl sites for hydroxylation is 1. The smallest absolute Gasteiger partial charge is 0.138 e. The van der Waals surface area contributed by atoms with Gasteiger partial charge in [-0.15, -0.1) is 0 Å². The van der Waals surface area contributed by atoms with Gasteiger partial charge in [-0.2, -0.15) is 5.10 Å². The van der Waals surface area contributed by atoms with Crippen LogP contribution in [0.3, 0.4) is 0 Å². The van der Waals surface area contributed by atoms with Gasteiger partial charge >= 0.3 is 0 Å². The Morgan fingerprint density at radius 3 is 3.21 bits per heavy atom. The standard InChI is InChI=1S/C9H14BrN3O/c1-13-9(11-6-12-13)4-7-5-14-3-2-8(7)10/h6-8H,2-5H2,1H3.